The predicted octanol–water partition coefficient (Wildman–Crippen LogP) is 8.87. The van der Waals surface area contributed by atoms with Crippen molar-refractivity contribution >= 4 is 51.9 Å². The van der Waals surface area contributed by atoms with Crippen LogP contribution >= 0.6 is 11.3 Å². The fraction of sp³-hybridized carbons (Fsp3) is 0.422. The van der Waals surface area contributed by atoms with Gasteiger partial charge in [0.1, 0.15) is 5.78 Å². The van der Waals surface area contributed by atoms with Crippen LogP contribution < -0.4 is 10.4 Å². The zero-order valence-electron chi connectivity index (χ0n) is 31.3. The Morgan fingerprint density at radius 2 is 1.70 bits per heavy atom. The summed E-state index contributed by atoms with van der Waals surface area (Å²) >= 11 is 1.79. The molecule has 0 amide bonds. The van der Waals surface area contributed by atoms with Gasteiger partial charge in [0.2, 0.25) is 0 Å². The highest BCUT2D eigenvalue weighted by Crippen LogP contribution is 2.47. The fourth-order valence-electron chi connectivity index (χ4n) is 8.21. The largest absolute Gasteiger partial charge is 0.469 e. The molecule has 1 aliphatic carbocycles. The van der Waals surface area contributed by atoms with Crippen LogP contribution in [0.2, 0.25) is 5.04 Å². The summed E-state index contributed by atoms with van der Waals surface area (Å²) in [6.45, 7) is 5.12. The summed E-state index contributed by atoms with van der Waals surface area (Å²) in [5.41, 5.74) is 0. The molecule has 8 heteroatoms. The molecule has 0 bridgehead atoms. The number of allylic oxidation sites excluding steroid dienone is 4. The van der Waals surface area contributed by atoms with Crippen LogP contribution in [0.25, 0.3) is 10.1 Å². The number of Topliss-reactive ketones (excluding diaryl/α,β-unsaturated/α-hetero) is 1. The predicted molar refractivity (Wildman–Crippen MR) is 217 cm³/mol. The lowest BCUT2D eigenvalue weighted by molar-refractivity contribution is -0.194. The molecule has 2 aliphatic rings. The van der Waals surface area contributed by atoms with Crippen molar-refractivity contribution in [1.29, 1.82) is 0 Å². The van der Waals surface area contributed by atoms with Crippen LogP contribution in [0, 0.1) is 11.8 Å². The van der Waals surface area contributed by atoms with E-state index in [1.807, 2.05) is 36.4 Å². The Balaban J connectivity index is 1.32. The molecule has 1 N–H and O–H groups in total. The highest BCUT2D eigenvalue weighted by atomic mass is 32.1. The highest BCUT2D eigenvalue weighted by Gasteiger charge is 2.51. The van der Waals surface area contributed by atoms with Gasteiger partial charge in [-0.25, -0.2) is 0 Å². The molecule has 4 aromatic rings. The van der Waals surface area contributed by atoms with Gasteiger partial charge in [-0.3, -0.25) is 9.59 Å². The van der Waals surface area contributed by atoms with Crippen molar-refractivity contribution in [3.63, 3.8) is 0 Å². The number of thiophene rings is 1. The van der Waals surface area contributed by atoms with Crippen molar-refractivity contribution in [2.75, 3.05) is 13.7 Å². The maximum absolute atomic E-state index is 13.9. The molecule has 6 nitrogen and oxygen atoms in total. The van der Waals surface area contributed by atoms with Crippen molar-refractivity contribution in [1.82, 2.24) is 0 Å². The SMILES string of the molecule is COC(=O)CCC/C=C\C[C@H]1[C@@H](OC2CCCCO2)CC(=O)[C@@H]1/C=C/[C@@H](CC(C)(C)[Si](O)(c1ccccc1)c1ccccc1)c1cc2ccccc2s1. The smallest absolute Gasteiger partial charge is 0.305 e. The summed E-state index contributed by atoms with van der Waals surface area (Å²) in [7, 11) is -1.88. The van der Waals surface area contributed by atoms with Crippen molar-refractivity contribution in [2.24, 2.45) is 11.8 Å². The number of methoxy groups -OCH3 is 1. The Morgan fingerprint density at radius 1 is 1.00 bits per heavy atom. The Bertz CT molecular complexity index is 1770. The number of carbonyl (C=O) groups is 2. The minimum atomic E-state index is -3.29. The molecule has 2 heterocycles. The summed E-state index contributed by atoms with van der Waals surface area (Å²) in [6.07, 6.45) is 14.8. The fourth-order valence-corrected chi connectivity index (χ4v) is 13.1. The average molecular weight is 751 g/mol. The van der Waals surface area contributed by atoms with Gasteiger partial charge in [0.15, 0.2) is 6.29 Å². The van der Waals surface area contributed by atoms with Crippen molar-refractivity contribution in [3.8, 4) is 0 Å². The molecule has 2 fully saturated rings. The van der Waals surface area contributed by atoms with E-state index < -0.39 is 13.4 Å². The summed E-state index contributed by atoms with van der Waals surface area (Å²) in [6, 6.07) is 31.1. The normalized spacial score (nSPS) is 21.8. The Labute approximate surface area is 320 Å². The standard InChI is InChI=1S/C45H54O6SSi/c1-45(2,53(48,35-19-8-6-9-20-35)36-21-10-7-11-22-36)32-34(42-30-33-18-14-15-24-41(33)52-42)27-28-37-38(23-12-4-5-13-25-43(47)49-3)40(31-39(37)46)51-44-26-16-17-29-50-44/h4,6-12,14-15,18-22,24,27-28,30,34,37-38,40,44,48H,5,13,16-17,23,25-26,29,31-32H2,1-3H3/b12-4-,28-27+/t34-,37+,38+,40-,44?/m0/s1. The van der Waals surface area contributed by atoms with E-state index >= 15 is 0 Å². The maximum atomic E-state index is 13.9. The number of ether oxygens (including phenoxy) is 3. The van der Waals surface area contributed by atoms with Crippen LogP contribution in [0.15, 0.2) is 115 Å². The van der Waals surface area contributed by atoms with Gasteiger partial charge in [0, 0.05) is 46.8 Å². The number of esters is 1. The lowest BCUT2D eigenvalue weighted by Gasteiger charge is -2.42. The Kier molecular flexibility index (Phi) is 13.3. The third-order valence-electron chi connectivity index (χ3n) is 11.2. The van der Waals surface area contributed by atoms with Crippen LogP contribution in [0.4, 0.5) is 0 Å². The summed E-state index contributed by atoms with van der Waals surface area (Å²) < 4.78 is 18.5. The van der Waals surface area contributed by atoms with E-state index in [4.69, 9.17) is 14.2 Å². The lowest BCUT2D eigenvalue weighted by Crippen LogP contribution is -2.65. The summed E-state index contributed by atoms with van der Waals surface area (Å²) in [5.74, 6) is -0.367. The first kappa shape index (κ1) is 39.0. The molecular weight excluding hydrogens is 697 g/mol. The summed E-state index contributed by atoms with van der Waals surface area (Å²) in [5, 5.41) is 2.70. The lowest BCUT2D eigenvalue weighted by atomic mass is 9.87. The zero-order chi connectivity index (χ0) is 37.3. The van der Waals surface area contributed by atoms with E-state index in [0.29, 0.717) is 32.3 Å². The minimum absolute atomic E-state index is 0.0298. The Morgan fingerprint density at radius 3 is 2.36 bits per heavy atom. The number of ketones is 1. The third kappa shape index (κ3) is 9.35. The quantitative estimate of drug-likeness (QED) is 0.0534. The maximum Gasteiger partial charge on any atom is 0.305 e. The highest BCUT2D eigenvalue weighted by molar-refractivity contribution is 7.19. The van der Waals surface area contributed by atoms with Crippen LogP contribution in [0.1, 0.15) is 82.4 Å². The first-order chi connectivity index (χ1) is 25.7. The molecule has 280 valence electrons. The second kappa shape index (κ2) is 18.1. The van der Waals surface area contributed by atoms with E-state index in [0.717, 1.165) is 42.5 Å². The molecule has 1 aliphatic heterocycles. The second-order valence-corrected chi connectivity index (χ2v) is 20.3. The van der Waals surface area contributed by atoms with Crippen LogP contribution in [0.5, 0.6) is 0 Å². The number of unbranched alkanes of at least 4 members (excludes halogenated alkanes) is 1. The third-order valence-corrected chi connectivity index (χ3v) is 16.9. The van der Waals surface area contributed by atoms with Crippen LogP contribution in [-0.4, -0.2) is 51.0 Å². The number of benzene rings is 3. The van der Waals surface area contributed by atoms with E-state index in [1.54, 1.807) is 11.3 Å². The number of fused-ring (bicyclic) bond motifs is 1. The first-order valence-electron chi connectivity index (χ1n) is 19.2. The first-order valence-corrected chi connectivity index (χ1v) is 22.0. The minimum Gasteiger partial charge on any atom is -0.469 e. The molecule has 1 unspecified atom stereocenters. The van der Waals surface area contributed by atoms with Gasteiger partial charge in [-0.1, -0.05) is 117 Å². The molecular formula is C45H54O6SSi. The van der Waals surface area contributed by atoms with Crippen LogP contribution in [0.3, 0.4) is 0 Å². The number of hydrogen-bond donors (Lipinski definition) is 1. The number of hydrogen-bond acceptors (Lipinski definition) is 7. The van der Waals surface area contributed by atoms with E-state index in [2.05, 4.69) is 92.7 Å². The van der Waals surface area contributed by atoms with Crippen molar-refractivity contribution in [3.05, 3.63) is 120 Å². The van der Waals surface area contributed by atoms with E-state index in [-0.39, 0.29) is 41.9 Å². The molecule has 1 saturated carbocycles. The van der Waals surface area contributed by atoms with E-state index in [9.17, 15) is 14.4 Å². The van der Waals surface area contributed by atoms with Gasteiger partial charge in [0.25, 0.3) is 8.32 Å². The molecule has 1 saturated heterocycles. The second-order valence-electron chi connectivity index (χ2n) is 15.2. The van der Waals surface area contributed by atoms with Gasteiger partial charge < -0.3 is 19.0 Å². The van der Waals surface area contributed by atoms with Gasteiger partial charge in [-0.15, -0.1) is 11.3 Å². The van der Waals surface area contributed by atoms with E-state index in [1.165, 1.54) is 22.1 Å². The number of rotatable bonds is 16. The molecule has 0 spiro atoms. The zero-order valence-corrected chi connectivity index (χ0v) is 33.1. The molecule has 0 radical (unpaired) electrons. The number of carbonyl (C=O) groups excluding carboxylic acids is 2. The van der Waals surface area contributed by atoms with Crippen molar-refractivity contribution < 1.29 is 28.6 Å². The van der Waals surface area contributed by atoms with Crippen LogP contribution in [-0.2, 0) is 23.8 Å². The van der Waals surface area contributed by atoms with Gasteiger partial charge in [-0.2, -0.15) is 0 Å². The molecule has 5 atom stereocenters. The molecule has 53 heavy (non-hydrogen) atoms. The average Bonchev–Trinajstić information content (AvgIpc) is 3.75. The summed E-state index contributed by atoms with van der Waals surface area (Å²) in [4.78, 5) is 39.8. The topological polar surface area (TPSA) is 82.1 Å². The molecule has 3 aromatic carbocycles. The van der Waals surface area contributed by atoms with Gasteiger partial charge in [-0.05, 0) is 77.9 Å². The van der Waals surface area contributed by atoms with Crippen molar-refractivity contribution in [2.45, 2.75) is 95.0 Å². The monoisotopic (exact) mass is 750 g/mol. The van der Waals surface area contributed by atoms with Gasteiger partial charge >= 0.3 is 5.97 Å². The molecule has 1 aromatic heterocycles. The van der Waals surface area contributed by atoms with Gasteiger partial charge in [0.05, 0.1) is 13.2 Å². The molecule has 6 rings (SSSR count). The Hall–Kier alpha value is -3.66.